The molecule has 0 unspecified atom stereocenters. The van der Waals surface area contributed by atoms with Crippen LogP contribution in [0.4, 0.5) is 0 Å². The SMILES string of the molecule is O=C(O)CCC/C=C\C[C@@H]1[C@H](CCCCOc2ccccc2)[C@@H]2CC[C@H]1O2. The molecule has 0 aliphatic carbocycles. The van der Waals surface area contributed by atoms with Gasteiger partial charge in [0.25, 0.3) is 0 Å². The van der Waals surface area contributed by atoms with Crippen molar-refractivity contribution in [2.45, 2.75) is 70.0 Å². The number of benzene rings is 1. The van der Waals surface area contributed by atoms with E-state index in [0.29, 0.717) is 24.0 Å². The maximum Gasteiger partial charge on any atom is 0.303 e. The van der Waals surface area contributed by atoms with E-state index in [-0.39, 0.29) is 6.42 Å². The van der Waals surface area contributed by atoms with Crippen LogP contribution in [0.25, 0.3) is 0 Å². The first-order valence-electron chi connectivity index (χ1n) is 10.4. The fourth-order valence-corrected chi connectivity index (χ4v) is 4.53. The Labute approximate surface area is 162 Å². The topological polar surface area (TPSA) is 55.8 Å². The average molecular weight is 373 g/mol. The van der Waals surface area contributed by atoms with Gasteiger partial charge in [-0.1, -0.05) is 30.4 Å². The molecule has 148 valence electrons. The van der Waals surface area contributed by atoms with Crippen LogP contribution in [0.2, 0.25) is 0 Å². The molecule has 0 amide bonds. The average Bonchev–Trinajstić information content (AvgIpc) is 3.27. The maximum atomic E-state index is 10.5. The summed E-state index contributed by atoms with van der Waals surface area (Å²) in [6.45, 7) is 0.778. The lowest BCUT2D eigenvalue weighted by atomic mass is 9.75. The highest BCUT2D eigenvalue weighted by atomic mass is 16.5. The number of rotatable bonds is 12. The maximum absolute atomic E-state index is 10.5. The van der Waals surface area contributed by atoms with E-state index in [0.717, 1.165) is 38.0 Å². The molecule has 4 atom stereocenters. The van der Waals surface area contributed by atoms with E-state index in [1.807, 2.05) is 30.3 Å². The van der Waals surface area contributed by atoms with Gasteiger partial charge in [-0.2, -0.15) is 0 Å². The zero-order chi connectivity index (χ0) is 18.9. The number of aliphatic carboxylic acids is 1. The molecule has 3 rings (SSSR count). The van der Waals surface area contributed by atoms with Gasteiger partial charge in [0.15, 0.2) is 0 Å². The van der Waals surface area contributed by atoms with Crippen LogP contribution in [-0.2, 0) is 9.53 Å². The third kappa shape index (κ3) is 6.10. The first-order valence-corrected chi connectivity index (χ1v) is 10.4. The normalized spacial score (nSPS) is 26.7. The van der Waals surface area contributed by atoms with Gasteiger partial charge in [-0.05, 0) is 75.3 Å². The highest BCUT2D eigenvalue weighted by molar-refractivity contribution is 5.66. The molecule has 27 heavy (non-hydrogen) atoms. The number of hydrogen-bond donors (Lipinski definition) is 1. The minimum absolute atomic E-state index is 0.259. The number of allylic oxidation sites excluding steroid dienone is 2. The zero-order valence-electron chi connectivity index (χ0n) is 16.1. The molecule has 4 nitrogen and oxygen atoms in total. The van der Waals surface area contributed by atoms with Crippen molar-refractivity contribution in [2.24, 2.45) is 11.8 Å². The summed E-state index contributed by atoms with van der Waals surface area (Å²) in [6, 6.07) is 10.0. The summed E-state index contributed by atoms with van der Waals surface area (Å²) < 4.78 is 12.0. The van der Waals surface area contributed by atoms with Gasteiger partial charge in [0, 0.05) is 6.42 Å². The van der Waals surface area contributed by atoms with E-state index in [9.17, 15) is 4.79 Å². The van der Waals surface area contributed by atoms with Crippen LogP contribution in [-0.4, -0.2) is 29.9 Å². The molecule has 0 spiro atoms. The number of fused-ring (bicyclic) bond motifs is 2. The molecule has 0 aromatic heterocycles. The van der Waals surface area contributed by atoms with Crippen molar-refractivity contribution in [3.8, 4) is 5.75 Å². The van der Waals surface area contributed by atoms with Gasteiger partial charge in [0.2, 0.25) is 0 Å². The van der Waals surface area contributed by atoms with Crippen molar-refractivity contribution >= 4 is 5.97 Å². The lowest BCUT2D eigenvalue weighted by molar-refractivity contribution is -0.137. The Bertz CT molecular complexity index is 598. The lowest BCUT2D eigenvalue weighted by Gasteiger charge is -2.27. The summed E-state index contributed by atoms with van der Waals surface area (Å²) in [5.41, 5.74) is 0. The highest BCUT2D eigenvalue weighted by Gasteiger charge is 2.47. The third-order valence-corrected chi connectivity index (χ3v) is 5.87. The predicted octanol–water partition coefficient (Wildman–Crippen LogP) is 5.23. The molecule has 2 aliphatic rings. The molecule has 4 heteroatoms. The molecule has 2 fully saturated rings. The summed E-state index contributed by atoms with van der Waals surface area (Å²) in [5.74, 6) is 1.55. The van der Waals surface area contributed by atoms with Crippen molar-refractivity contribution < 1.29 is 19.4 Å². The third-order valence-electron chi connectivity index (χ3n) is 5.87. The van der Waals surface area contributed by atoms with Crippen molar-refractivity contribution in [1.82, 2.24) is 0 Å². The predicted molar refractivity (Wildman–Crippen MR) is 106 cm³/mol. The Morgan fingerprint density at radius 1 is 1.07 bits per heavy atom. The summed E-state index contributed by atoms with van der Waals surface area (Å²) in [6.07, 6.45) is 14.1. The van der Waals surface area contributed by atoms with Gasteiger partial charge < -0.3 is 14.6 Å². The van der Waals surface area contributed by atoms with E-state index in [1.165, 1.54) is 25.7 Å². The van der Waals surface area contributed by atoms with Gasteiger partial charge in [-0.25, -0.2) is 0 Å². The molecule has 2 bridgehead atoms. The van der Waals surface area contributed by atoms with Gasteiger partial charge in [0.1, 0.15) is 5.75 Å². The number of carbonyl (C=O) groups is 1. The minimum Gasteiger partial charge on any atom is -0.494 e. The summed E-state index contributed by atoms with van der Waals surface area (Å²) >= 11 is 0. The molecular formula is C23H32O4. The Morgan fingerprint density at radius 2 is 1.85 bits per heavy atom. The summed E-state index contributed by atoms with van der Waals surface area (Å²) in [7, 11) is 0. The first-order chi connectivity index (χ1) is 13.2. The largest absolute Gasteiger partial charge is 0.494 e. The van der Waals surface area contributed by atoms with E-state index in [4.69, 9.17) is 14.6 Å². The molecule has 2 aliphatic heterocycles. The van der Waals surface area contributed by atoms with Gasteiger partial charge in [-0.3, -0.25) is 4.79 Å². The molecular weight excluding hydrogens is 340 g/mol. The van der Waals surface area contributed by atoms with Crippen LogP contribution in [0.1, 0.15) is 57.8 Å². The Balaban J connectivity index is 1.35. The Kier molecular flexibility index (Phi) is 7.76. The van der Waals surface area contributed by atoms with Crippen molar-refractivity contribution in [3.05, 3.63) is 42.5 Å². The van der Waals surface area contributed by atoms with E-state index in [1.54, 1.807) is 0 Å². The molecule has 0 radical (unpaired) electrons. The van der Waals surface area contributed by atoms with Crippen LogP contribution in [0.3, 0.4) is 0 Å². The van der Waals surface area contributed by atoms with Crippen molar-refractivity contribution in [3.63, 3.8) is 0 Å². The number of ether oxygens (including phenoxy) is 2. The standard InChI is InChI=1S/C23H32O4/c24-23(25)14-7-2-1-6-12-19-20(22-16-15-21(19)27-22)13-8-9-17-26-18-10-4-3-5-11-18/h1,3-6,10-11,19-22H,2,7-9,12-17H2,(H,24,25)/b6-1-/t19-,20+,21-,22+/m1/s1. The van der Waals surface area contributed by atoms with E-state index in [2.05, 4.69) is 12.2 Å². The van der Waals surface area contributed by atoms with Crippen LogP contribution in [0.5, 0.6) is 5.75 Å². The monoisotopic (exact) mass is 372 g/mol. The zero-order valence-corrected chi connectivity index (χ0v) is 16.1. The summed E-state index contributed by atoms with van der Waals surface area (Å²) in [4.78, 5) is 10.5. The first kappa shape index (κ1) is 19.9. The number of hydrogen-bond acceptors (Lipinski definition) is 3. The number of unbranched alkanes of at least 4 members (excludes halogenated alkanes) is 2. The Morgan fingerprint density at radius 3 is 2.63 bits per heavy atom. The molecule has 0 saturated carbocycles. The Hall–Kier alpha value is -1.81. The molecule has 1 aromatic carbocycles. The van der Waals surface area contributed by atoms with Crippen molar-refractivity contribution in [2.75, 3.05) is 6.61 Å². The quantitative estimate of drug-likeness (QED) is 0.403. The number of carboxylic acids is 1. The van der Waals surface area contributed by atoms with Crippen molar-refractivity contribution in [1.29, 1.82) is 0 Å². The van der Waals surface area contributed by atoms with Crippen LogP contribution in [0.15, 0.2) is 42.5 Å². The van der Waals surface area contributed by atoms with Crippen LogP contribution >= 0.6 is 0 Å². The second-order valence-corrected chi connectivity index (χ2v) is 7.77. The number of para-hydroxylation sites is 1. The van der Waals surface area contributed by atoms with E-state index < -0.39 is 5.97 Å². The van der Waals surface area contributed by atoms with Gasteiger partial charge >= 0.3 is 5.97 Å². The van der Waals surface area contributed by atoms with E-state index >= 15 is 0 Å². The molecule has 2 saturated heterocycles. The molecule has 1 aromatic rings. The summed E-state index contributed by atoms with van der Waals surface area (Å²) in [5, 5.41) is 8.68. The fourth-order valence-electron chi connectivity index (χ4n) is 4.53. The fraction of sp³-hybridized carbons (Fsp3) is 0.609. The highest BCUT2D eigenvalue weighted by Crippen LogP contribution is 2.47. The smallest absolute Gasteiger partial charge is 0.303 e. The van der Waals surface area contributed by atoms with Crippen LogP contribution in [0, 0.1) is 11.8 Å². The lowest BCUT2D eigenvalue weighted by Crippen LogP contribution is -2.26. The molecule has 2 heterocycles. The van der Waals surface area contributed by atoms with Gasteiger partial charge in [-0.15, -0.1) is 0 Å². The minimum atomic E-state index is -0.707. The second kappa shape index (κ2) is 10.5. The van der Waals surface area contributed by atoms with Crippen LogP contribution < -0.4 is 4.74 Å². The second-order valence-electron chi connectivity index (χ2n) is 7.77. The van der Waals surface area contributed by atoms with Gasteiger partial charge in [0.05, 0.1) is 18.8 Å². The number of carboxylic acid groups (broad SMARTS) is 1. The molecule has 1 N–H and O–H groups in total.